The average molecular weight is 298 g/mol. The van der Waals surface area contributed by atoms with Gasteiger partial charge in [0.05, 0.1) is 26.0 Å². The minimum absolute atomic E-state index is 0.139. The van der Waals surface area contributed by atoms with Crippen LogP contribution < -0.4 is 10.5 Å². The Morgan fingerprint density at radius 3 is 2.94 bits per heavy atom. The molecular weight excluding hydrogens is 282 g/mol. The first kappa shape index (κ1) is 12.5. The molecule has 1 unspecified atom stereocenters. The van der Waals surface area contributed by atoms with Gasteiger partial charge in [-0.3, -0.25) is 0 Å². The van der Waals surface area contributed by atoms with Gasteiger partial charge in [0.15, 0.2) is 0 Å². The fraction of sp³-hybridized carbons (Fsp3) is 0.385. The molecule has 1 aliphatic heterocycles. The lowest BCUT2D eigenvalue weighted by Crippen LogP contribution is -2.17. The highest BCUT2D eigenvalue weighted by atomic mass is 79.9. The summed E-state index contributed by atoms with van der Waals surface area (Å²) >= 11 is 3.52. The number of hydrogen-bond donors (Lipinski definition) is 1. The molecule has 0 saturated carbocycles. The van der Waals surface area contributed by atoms with Crippen molar-refractivity contribution in [2.45, 2.75) is 18.9 Å². The van der Waals surface area contributed by atoms with E-state index in [1.54, 1.807) is 13.4 Å². The van der Waals surface area contributed by atoms with E-state index in [4.69, 9.17) is 15.2 Å². The standard InChI is InChI=1S/C13H16BrNO2/c1-16-10-4-5-12(14)11(7-10)13(15)9-3-2-6-17-8-9/h4-5,7-8,13H,2-3,6,15H2,1H3. The van der Waals surface area contributed by atoms with E-state index in [0.29, 0.717) is 0 Å². The Morgan fingerprint density at radius 1 is 1.47 bits per heavy atom. The van der Waals surface area contributed by atoms with Crippen molar-refractivity contribution in [1.29, 1.82) is 0 Å². The molecule has 1 heterocycles. The van der Waals surface area contributed by atoms with E-state index < -0.39 is 0 Å². The first-order valence-electron chi connectivity index (χ1n) is 5.62. The molecule has 1 aliphatic rings. The Morgan fingerprint density at radius 2 is 2.29 bits per heavy atom. The maximum absolute atomic E-state index is 6.26. The SMILES string of the molecule is COc1ccc(Br)c(C(N)C2=COCCC2)c1. The van der Waals surface area contributed by atoms with Gasteiger partial charge in [-0.2, -0.15) is 0 Å². The molecule has 1 aromatic carbocycles. The van der Waals surface area contributed by atoms with Gasteiger partial charge < -0.3 is 15.2 Å². The summed E-state index contributed by atoms with van der Waals surface area (Å²) in [6, 6.07) is 5.69. The third-order valence-corrected chi connectivity index (χ3v) is 3.62. The van der Waals surface area contributed by atoms with Crippen molar-refractivity contribution < 1.29 is 9.47 Å². The second kappa shape index (κ2) is 5.56. The van der Waals surface area contributed by atoms with Crippen LogP contribution in [0.5, 0.6) is 5.75 Å². The second-order valence-electron chi connectivity index (χ2n) is 4.03. The summed E-state index contributed by atoms with van der Waals surface area (Å²) in [7, 11) is 1.65. The summed E-state index contributed by atoms with van der Waals surface area (Å²) in [5, 5.41) is 0. The van der Waals surface area contributed by atoms with Gasteiger partial charge in [-0.05, 0) is 42.2 Å². The molecule has 0 radical (unpaired) electrons. The zero-order valence-corrected chi connectivity index (χ0v) is 11.4. The number of benzene rings is 1. The normalized spacial score (nSPS) is 17.0. The number of nitrogens with two attached hydrogens (primary N) is 1. The number of rotatable bonds is 3. The summed E-state index contributed by atoms with van der Waals surface area (Å²) in [6.07, 6.45) is 3.81. The Bertz CT molecular complexity index is 431. The van der Waals surface area contributed by atoms with Gasteiger partial charge in [-0.15, -0.1) is 0 Å². The average Bonchev–Trinajstić information content (AvgIpc) is 2.39. The molecule has 0 amide bonds. The van der Waals surface area contributed by atoms with Crippen molar-refractivity contribution in [3.05, 3.63) is 40.1 Å². The van der Waals surface area contributed by atoms with E-state index in [0.717, 1.165) is 40.8 Å². The molecule has 92 valence electrons. The van der Waals surface area contributed by atoms with Crippen LogP contribution in [0.3, 0.4) is 0 Å². The first-order chi connectivity index (χ1) is 8.22. The van der Waals surface area contributed by atoms with Crippen LogP contribution in [-0.2, 0) is 4.74 Å². The molecule has 4 heteroatoms. The number of hydrogen-bond acceptors (Lipinski definition) is 3. The molecule has 2 N–H and O–H groups in total. The van der Waals surface area contributed by atoms with Crippen molar-refractivity contribution in [3.63, 3.8) is 0 Å². The van der Waals surface area contributed by atoms with Gasteiger partial charge >= 0.3 is 0 Å². The van der Waals surface area contributed by atoms with Gasteiger partial charge in [-0.1, -0.05) is 15.9 Å². The summed E-state index contributed by atoms with van der Waals surface area (Å²) in [5.41, 5.74) is 8.42. The quantitative estimate of drug-likeness (QED) is 0.932. The van der Waals surface area contributed by atoms with Gasteiger partial charge in [0.2, 0.25) is 0 Å². The number of halogens is 1. The van der Waals surface area contributed by atoms with Crippen LogP contribution in [-0.4, -0.2) is 13.7 Å². The molecule has 2 rings (SSSR count). The summed E-state index contributed by atoms with van der Waals surface area (Å²) < 4.78 is 11.6. The van der Waals surface area contributed by atoms with Crippen LogP contribution in [0.1, 0.15) is 24.4 Å². The van der Waals surface area contributed by atoms with Crippen LogP contribution in [0.15, 0.2) is 34.5 Å². The van der Waals surface area contributed by atoms with Crippen molar-refractivity contribution in [2.75, 3.05) is 13.7 Å². The maximum Gasteiger partial charge on any atom is 0.119 e. The van der Waals surface area contributed by atoms with Crippen molar-refractivity contribution in [3.8, 4) is 5.75 Å². The minimum Gasteiger partial charge on any atom is -0.501 e. The third-order valence-electron chi connectivity index (χ3n) is 2.90. The molecular formula is C13H16BrNO2. The van der Waals surface area contributed by atoms with E-state index in [1.807, 2.05) is 18.2 Å². The molecule has 0 aromatic heterocycles. The molecule has 0 saturated heterocycles. The highest BCUT2D eigenvalue weighted by molar-refractivity contribution is 9.10. The van der Waals surface area contributed by atoms with Crippen LogP contribution in [0.2, 0.25) is 0 Å². The maximum atomic E-state index is 6.26. The predicted octanol–water partition coefficient (Wildman–Crippen LogP) is 3.15. The molecule has 1 aromatic rings. The lowest BCUT2D eigenvalue weighted by Gasteiger charge is -2.21. The van der Waals surface area contributed by atoms with E-state index in [9.17, 15) is 0 Å². The zero-order valence-electron chi connectivity index (χ0n) is 9.78. The lowest BCUT2D eigenvalue weighted by molar-refractivity contribution is 0.221. The van der Waals surface area contributed by atoms with E-state index in [1.165, 1.54) is 0 Å². The molecule has 1 atom stereocenters. The molecule has 3 nitrogen and oxygen atoms in total. The minimum atomic E-state index is -0.139. The van der Waals surface area contributed by atoms with Crippen LogP contribution in [0.4, 0.5) is 0 Å². The summed E-state index contributed by atoms with van der Waals surface area (Å²) in [6.45, 7) is 0.787. The third kappa shape index (κ3) is 2.82. The largest absolute Gasteiger partial charge is 0.501 e. The monoisotopic (exact) mass is 297 g/mol. The van der Waals surface area contributed by atoms with Crippen molar-refractivity contribution >= 4 is 15.9 Å². The fourth-order valence-corrected chi connectivity index (χ4v) is 2.39. The number of methoxy groups -OCH3 is 1. The fourth-order valence-electron chi connectivity index (χ4n) is 1.90. The molecule has 0 fully saturated rings. The lowest BCUT2D eigenvalue weighted by atomic mass is 9.96. The van der Waals surface area contributed by atoms with E-state index in [2.05, 4.69) is 15.9 Å². The van der Waals surface area contributed by atoms with Gasteiger partial charge in [0.25, 0.3) is 0 Å². The Labute approximate surface area is 110 Å². The molecule has 0 aliphatic carbocycles. The first-order valence-corrected chi connectivity index (χ1v) is 6.41. The Balaban J connectivity index is 2.28. The predicted molar refractivity (Wildman–Crippen MR) is 70.9 cm³/mol. The van der Waals surface area contributed by atoms with E-state index in [-0.39, 0.29) is 6.04 Å². The van der Waals surface area contributed by atoms with Crippen molar-refractivity contribution in [2.24, 2.45) is 5.73 Å². The summed E-state index contributed by atoms with van der Waals surface area (Å²) in [5.74, 6) is 0.816. The number of ether oxygens (including phenoxy) is 2. The topological polar surface area (TPSA) is 44.5 Å². The van der Waals surface area contributed by atoms with Crippen LogP contribution >= 0.6 is 15.9 Å². The van der Waals surface area contributed by atoms with Crippen molar-refractivity contribution in [1.82, 2.24) is 0 Å². The van der Waals surface area contributed by atoms with Crippen LogP contribution in [0.25, 0.3) is 0 Å². The van der Waals surface area contributed by atoms with E-state index >= 15 is 0 Å². The van der Waals surface area contributed by atoms with Gasteiger partial charge in [-0.25, -0.2) is 0 Å². The molecule has 17 heavy (non-hydrogen) atoms. The zero-order chi connectivity index (χ0) is 12.3. The molecule has 0 spiro atoms. The highest BCUT2D eigenvalue weighted by Gasteiger charge is 2.17. The van der Waals surface area contributed by atoms with Crippen LogP contribution in [0, 0.1) is 0 Å². The highest BCUT2D eigenvalue weighted by Crippen LogP contribution is 2.32. The molecule has 0 bridgehead atoms. The smallest absolute Gasteiger partial charge is 0.119 e. The Hall–Kier alpha value is -1.00. The van der Waals surface area contributed by atoms with Gasteiger partial charge in [0, 0.05) is 4.47 Å². The second-order valence-corrected chi connectivity index (χ2v) is 4.89. The Kier molecular flexibility index (Phi) is 4.07. The summed E-state index contributed by atoms with van der Waals surface area (Å²) in [4.78, 5) is 0. The van der Waals surface area contributed by atoms with Gasteiger partial charge in [0.1, 0.15) is 5.75 Å².